The minimum Gasteiger partial charge on any atom is -0.432 e. The third-order valence-corrected chi connectivity index (χ3v) is 11.4. The average molecular weight is 655 g/mol. The quantitative estimate of drug-likeness (QED) is 0.173. The Morgan fingerprint density at radius 1 is 0.674 bits per heavy atom. The highest BCUT2D eigenvalue weighted by molar-refractivity contribution is 5.31. The van der Waals surface area contributed by atoms with Crippen molar-refractivity contribution in [1.82, 2.24) is 0 Å². The lowest BCUT2D eigenvalue weighted by Gasteiger charge is -2.38. The SMILES string of the molecule is CCCCCC1CCC(C2CCC(c3ccc(C4CCC(C(F)(F)Oc5ccc(CC(F)(F)F)c(F)c5)CC4)c(F)c3)CC2)CC1. The number of unbranched alkanes of at least 4 members (excludes halogenated alkanes) is 2. The number of benzene rings is 2. The van der Waals surface area contributed by atoms with Gasteiger partial charge in [-0.15, -0.1) is 0 Å². The summed E-state index contributed by atoms with van der Waals surface area (Å²) in [6.45, 7) is 2.26. The van der Waals surface area contributed by atoms with Crippen molar-refractivity contribution in [2.45, 2.75) is 140 Å². The number of hydrogen-bond donors (Lipinski definition) is 0. The second kappa shape index (κ2) is 15.3. The van der Waals surface area contributed by atoms with E-state index in [4.69, 9.17) is 4.74 Å². The van der Waals surface area contributed by atoms with Crippen molar-refractivity contribution >= 4 is 0 Å². The zero-order valence-electron chi connectivity index (χ0n) is 27.0. The fourth-order valence-corrected chi connectivity index (χ4v) is 8.62. The zero-order chi connectivity index (χ0) is 32.9. The Morgan fingerprint density at radius 2 is 1.30 bits per heavy atom. The summed E-state index contributed by atoms with van der Waals surface area (Å²) in [5, 5.41) is 0. The molecule has 0 heterocycles. The summed E-state index contributed by atoms with van der Waals surface area (Å²) >= 11 is 0. The summed E-state index contributed by atoms with van der Waals surface area (Å²) in [6, 6.07) is 7.89. The standard InChI is InChI=1S/C38H49F7O/c1-2-3-4-5-25-6-8-26(9-7-25)27-10-12-28(13-11-27)30-17-21-34(36(40)22-30)29-14-18-32(19-15-29)38(44,45)46-33-20-16-31(35(39)23-33)24-37(41,42)43/h16-17,20-23,25-29,32H,2-15,18-19,24H2,1H3. The molecular weight excluding hydrogens is 605 g/mol. The van der Waals surface area contributed by atoms with Crippen LogP contribution >= 0.6 is 0 Å². The molecule has 0 saturated heterocycles. The first-order valence-electron chi connectivity index (χ1n) is 17.6. The molecule has 0 aromatic heterocycles. The Morgan fingerprint density at radius 3 is 1.89 bits per heavy atom. The van der Waals surface area contributed by atoms with Gasteiger partial charge in [-0.2, -0.15) is 22.0 Å². The molecule has 8 heteroatoms. The summed E-state index contributed by atoms with van der Waals surface area (Å²) in [5.41, 5.74) is 0.981. The molecule has 5 rings (SSSR count). The van der Waals surface area contributed by atoms with Gasteiger partial charge in [0.05, 0.1) is 12.3 Å². The molecule has 0 atom stereocenters. The molecule has 0 aliphatic heterocycles. The average Bonchev–Trinajstić information content (AvgIpc) is 3.02. The van der Waals surface area contributed by atoms with Gasteiger partial charge < -0.3 is 4.74 Å². The lowest BCUT2D eigenvalue weighted by molar-refractivity contribution is -0.222. The molecule has 0 unspecified atom stereocenters. The Kier molecular flexibility index (Phi) is 11.7. The van der Waals surface area contributed by atoms with Crippen molar-refractivity contribution in [3.63, 3.8) is 0 Å². The van der Waals surface area contributed by atoms with Crippen molar-refractivity contribution in [3.05, 3.63) is 64.7 Å². The monoisotopic (exact) mass is 654 g/mol. The van der Waals surface area contributed by atoms with E-state index in [1.165, 1.54) is 64.2 Å². The second-order valence-corrected chi connectivity index (χ2v) is 14.4. The van der Waals surface area contributed by atoms with Crippen LogP contribution in [0.5, 0.6) is 5.75 Å². The van der Waals surface area contributed by atoms with Crippen LogP contribution in [0.1, 0.15) is 138 Å². The molecule has 0 radical (unpaired) electrons. The Labute approximate surface area is 269 Å². The Hall–Kier alpha value is -2.25. The van der Waals surface area contributed by atoms with Crippen LogP contribution in [0.15, 0.2) is 36.4 Å². The van der Waals surface area contributed by atoms with E-state index >= 15 is 4.39 Å². The predicted octanol–water partition coefficient (Wildman–Crippen LogP) is 12.7. The molecule has 0 spiro atoms. The summed E-state index contributed by atoms with van der Waals surface area (Å²) in [4.78, 5) is 0. The largest absolute Gasteiger partial charge is 0.432 e. The van der Waals surface area contributed by atoms with Gasteiger partial charge in [-0.05, 0) is 123 Å². The molecule has 0 amide bonds. The first kappa shape index (κ1) is 35.1. The Bertz CT molecular complexity index is 1250. The van der Waals surface area contributed by atoms with Gasteiger partial charge in [-0.1, -0.05) is 63.6 Å². The van der Waals surface area contributed by atoms with E-state index in [1.54, 1.807) is 6.07 Å². The van der Waals surface area contributed by atoms with Gasteiger partial charge in [0.15, 0.2) is 0 Å². The third kappa shape index (κ3) is 9.21. The molecule has 1 nitrogen and oxygen atoms in total. The normalized spacial score (nSPS) is 27.8. The highest BCUT2D eigenvalue weighted by Crippen LogP contribution is 2.47. The zero-order valence-corrected chi connectivity index (χ0v) is 27.0. The van der Waals surface area contributed by atoms with Gasteiger partial charge in [0, 0.05) is 6.07 Å². The third-order valence-electron chi connectivity index (χ3n) is 11.4. The molecule has 2 aromatic rings. The number of rotatable bonds is 11. The number of hydrogen-bond acceptors (Lipinski definition) is 1. The molecule has 2 aromatic carbocycles. The fraction of sp³-hybridized carbons (Fsp3) is 0.684. The molecule has 3 fully saturated rings. The minimum atomic E-state index is -4.61. The smallest absolute Gasteiger partial charge is 0.400 e. The van der Waals surface area contributed by atoms with Crippen LogP contribution in [-0.4, -0.2) is 12.3 Å². The van der Waals surface area contributed by atoms with E-state index in [1.807, 2.05) is 12.1 Å². The maximum Gasteiger partial charge on any atom is 0.400 e. The molecule has 256 valence electrons. The summed E-state index contributed by atoms with van der Waals surface area (Å²) in [6.07, 6.45) is 6.72. The summed E-state index contributed by atoms with van der Waals surface area (Å²) in [5.74, 6) is -0.420. The first-order chi connectivity index (χ1) is 21.9. The van der Waals surface area contributed by atoms with E-state index in [9.17, 15) is 26.3 Å². The van der Waals surface area contributed by atoms with Gasteiger partial charge in [0.2, 0.25) is 0 Å². The molecule has 46 heavy (non-hydrogen) atoms. The highest BCUT2D eigenvalue weighted by atomic mass is 19.4. The van der Waals surface area contributed by atoms with Crippen LogP contribution in [0, 0.1) is 35.3 Å². The second-order valence-electron chi connectivity index (χ2n) is 14.4. The van der Waals surface area contributed by atoms with Crippen LogP contribution in [0.4, 0.5) is 30.7 Å². The van der Waals surface area contributed by atoms with Crippen LogP contribution in [0.2, 0.25) is 0 Å². The van der Waals surface area contributed by atoms with E-state index in [-0.39, 0.29) is 24.6 Å². The summed E-state index contributed by atoms with van der Waals surface area (Å²) < 4.78 is 102. The topological polar surface area (TPSA) is 9.23 Å². The maximum absolute atomic E-state index is 15.4. The van der Waals surface area contributed by atoms with Gasteiger partial charge >= 0.3 is 12.3 Å². The molecule has 0 bridgehead atoms. The highest BCUT2D eigenvalue weighted by Gasteiger charge is 2.44. The molecule has 3 saturated carbocycles. The number of ether oxygens (including phenoxy) is 1. The lowest BCUT2D eigenvalue weighted by Crippen LogP contribution is -2.37. The van der Waals surface area contributed by atoms with Crippen LogP contribution in [0.25, 0.3) is 0 Å². The van der Waals surface area contributed by atoms with Crippen molar-refractivity contribution in [2.75, 3.05) is 0 Å². The Balaban J connectivity index is 1.08. The van der Waals surface area contributed by atoms with Gasteiger partial charge in [-0.25, -0.2) is 8.78 Å². The van der Waals surface area contributed by atoms with E-state index in [0.717, 1.165) is 48.3 Å². The molecule has 3 aliphatic carbocycles. The summed E-state index contributed by atoms with van der Waals surface area (Å²) in [7, 11) is 0. The van der Waals surface area contributed by atoms with Crippen LogP contribution in [-0.2, 0) is 6.42 Å². The van der Waals surface area contributed by atoms with Crippen molar-refractivity contribution in [2.24, 2.45) is 23.7 Å². The predicted molar refractivity (Wildman–Crippen MR) is 167 cm³/mol. The van der Waals surface area contributed by atoms with E-state index in [2.05, 4.69) is 6.92 Å². The van der Waals surface area contributed by atoms with E-state index in [0.29, 0.717) is 30.4 Å². The van der Waals surface area contributed by atoms with Crippen LogP contribution < -0.4 is 4.74 Å². The van der Waals surface area contributed by atoms with Crippen molar-refractivity contribution in [1.29, 1.82) is 0 Å². The van der Waals surface area contributed by atoms with Crippen molar-refractivity contribution in [3.8, 4) is 5.75 Å². The van der Waals surface area contributed by atoms with Gasteiger partial charge in [-0.3, -0.25) is 0 Å². The van der Waals surface area contributed by atoms with E-state index < -0.39 is 41.8 Å². The molecular formula is C38H49F7O. The van der Waals surface area contributed by atoms with Crippen LogP contribution in [0.3, 0.4) is 0 Å². The van der Waals surface area contributed by atoms with Crippen molar-refractivity contribution < 1.29 is 35.5 Å². The van der Waals surface area contributed by atoms with Gasteiger partial charge in [0.25, 0.3) is 0 Å². The minimum absolute atomic E-state index is 0.0954. The first-order valence-corrected chi connectivity index (χ1v) is 17.6. The number of alkyl halides is 5. The maximum atomic E-state index is 15.4. The molecule has 3 aliphatic rings. The van der Waals surface area contributed by atoms with Gasteiger partial charge in [0.1, 0.15) is 17.4 Å². The molecule has 0 N–H and O–H groups in total. The fourth-order valence-electron chi connectivity index (χ4n) is 8.62. The lowest BCUT2D eigenvalue weighted by atomic mass is 9.68. The number of halogens is 7.